The fourth-order valence-electron chi connectivity index (χ4n) is 3.27. The van der Waals surface area contributed by atoms with Gasteiger partial charge in [0.15, 0.2) is 5.69 Å². The fraction of sp³-hybridized carbons (Fsp3) is 0.240. The summed E-state index contributed by atoms with van der Waals surface area (Å²) < 4.78 is 6.00. The Morgan fingerprint density at radius 2 is 1.65 bits per heavy atom. The molecule has 0 radical (unpaired) electrons. The molecule has 4 N–H and O–H groups in total. The van der Waals surface area contributed by atoms with Crippen LogP contribution in [-0.2, 0) is 18.0 Å². The first-order valence-corrected chi connectivity index (χ1v) is 10.4. The zero-order chi connectivity index (χ0) is 21.9. The van der Waals surface area contributed by atoms with Gasteiger partial charge in [0.25, 0.3) is 5.91 Å². The van der Waals surface area contributed by atoms with Crippen LogP contribution in [0.3, 0.4) is 0 Å². The van der Waals surface area contributed by atoms with E-state index in [0.717, 1.165) is 23.2 Å². The number of nitrogens with two attached hydrogens (primary N) is 2. The van der Waals surface area contributed by atoms with Gasteiger partial charge in [-0.2, -0.15) is 5.48 Å². The SMILES string of the molecule is CO[NH2+]c1ccc(CN(CCCN)C(=O)c2ccccc2OCc2ccccc2)cc1. The van der Waals surface area contributed by atoms with Crippen molar-refractivity contribution in [1.29, 1.82) is 0 Å². The molecule has 0 aromatic heterocycles. The number of rotatable bonds is 11. The monoisotopic (exact) mass is 420 g/mol. The minimum atomic E-state index is -0.0651. The van der Waals surface area contributed by atoms with E-state index in [2.05, 4.69) is 0 Å². The first-order valence-electron chi connectivity index (χ1n) is 10.4. The largest absolute Gasteiger partial charge is 0.488 e. The van der Waals surface area contributed by atoms with Crippen molar-refractivity contribution in [1.82, 2.24) is 4.90 Å². The molecule has 0 saturated carbocycles. The van der Waals surface area contributed by atoms with Gasteiger partial charge >= 0.3 is 0 Å². The Morgan fingerprint density at radius 3 is 2.35 bits per heavy atom. The van der Waals surface area contributed by atoms with Crippen molar-refractivity contribution in [3.8, 4) is 5.75 Å². The summed E-state index contributed by atoms with van der Waals surface area (Å²) in [6.45, 7) is 2.01. The van der Waals surface area contributed by atoms with E-state index in [0.29, 0.717) is 37.6 Å². The van der Waals surface area contributed by atoms with Crippen molar-refractivity contribution in [2.24, 2.45) is 5.73 Å². The Hall–Kier alpha value is -3.19. The lowest BCUT2D eigenvalue weighted by Gasteiger charge is -2.24. The van der Waals surface area contributed by atoms with Crippen LogP contribution in [-0.4, -0.2) is 31.0 Å². The highest BCUT2D eigenvalue weighted by Gasteiger charge is 2.20. The lowest BCUT2D eigenvalue weighted by Crippen LogP contribution is -2.75. The summed E-state index contributed by atoms with van der Waals surface area (Å²) >= 11 is 0. The lowest BCUT2D eigenvalue weighted by molar-refractivity contribution is -0.830. The summed E-state index contributed by atoms with van der Waals surface area (Å²) in [5, 5.41) is 0. The molecule has 1 amide bonds. The quantitative estimate of drug-likeness (QED) is 0.369. The molecule has 0 saturated heterocycles. The number of hydrogen-bond donors (Lipinski definition) is 2. The van der Waals surface area contributed by atoms with Crippen LogP contribution in [0.25, 0.3) is 0 Å². The maximum atomic E-state index is 13.4. The molecule has 0 aliphatic heterocycles. The second-order valence-corrected chi connectivity index (χ2v) is 7.23. The van der Waals surface area contributed by atoms with Gasteiger partial charge in [0.2, 0.25) is 0 Å². The molecular weight excluding hydrogens is 390 g/mol. The maximum absolute atomic E-state index is 13.4. The van der Waals surface area contributed by atoms with Gasteiger partial charge in [0.05, 0.1) is 12.7 Å². The molecule has 31 heavy (non-hydrogen) atoms. The van der Waals surface area contributed by atoms with Gasteiger partial charge in [0, 0.05) is 25.2 Å². The van der Waals surface area contributed by atoms with Crippen LogP contribution in [0.15, 0.2) is 78.9 Å². The average molecular weight is 421 g/mol. The smallest absolute Gasteiger partial charge is 0.257 e. The fourth-order valence-corrected chi connectivity index (χ4v) is 3.27. The Labute approximate surface area is 183 Å². The summed E-state index contributed by atoms with van der Waals surface area (Å²) in [5.74, 6) is 0.517. The summed E-state index contributed by atoms with van der Waals surface area (Å²) in [6, 6.07) is 25.3. The third-order valence-electron chi connectivity index (χ3n) is 4.88. The van der Waals surface area contributed by atoms with Crippen LogP contribution in [0.2, 0.25) is 0 Å². The number of para-hydroxylation sites is 1. The van der Waals surface area contributed by atoms with E-state index in [1.165, 1.54) is 0 Å². The number of amides is 1. The number of hydrogen-bond acceptors (Lipinski definition) is 4. The maximum Gasteiger partial charge on any atom is 0.257 e. The number of carbonyl (C=O) groups excluding carboxylic acids is 1. The van der Waals surface area contributed by atoms with E-state index in [1.807, 2.05) is 83.8 Å². The van der Waals surface area contributed by atoms with Crippen molar-refractivity contribution >= 4 is 11.6 Å². The van der Waals surface area contributed by atoms with Crippen molar-refractivity contribution in [2.75, 3.05) is 20.2 Å². The second-order valence-electron chi connectivity index (χ2n) is 7.23. The molecule has 6 nitrogen and oxygen atoms in total. The molecule has 0 bridgehead atoms. The summed E-state index contributed by atoms with van der Waals surface area (Å²) in [7, 11) is 1.62. The predicted octanol–water partition coefficient (Wildman–Crippen LogP) is 3.01. The first-order chi connectivity index (χ1) is 15.2. The predicted molar refractivity (Wildman–Crippen MR) is 121 cm³/mol. The van der Waals surface area contributed by atoms with Crippen LogP contribution in [0, 0.1) is 0 Å². The van der Waals surface area contributed by atoms with Crippen LogP contribution >= 0.6 is 0 Å². The molecule has 0 aliphatic carbocycles. The van der Waals surface area contributed by atoms with E-state index < -0.39 is 0 Å². The van der Waals surface area contributed by atoms with Gasteiger partial charge in [-0.05, 0) is 36.2 Å². The highest BCUT2D eigenvalue weighted by atomic mass is 16.6. The lowest BCUT2D eigenvalue weighted by atomic mass is 10.1. The number of quaternary nitrogens is 1. The highest BCUT2D eigenvalue weighted by molar-refractivity contribution is 5.96. The molecule has 0 heterocycles. The Morgan fingerprint density at radius 1 is 0.935 bits per heavy atom. The Balaban J connectivity index is 1.76. The summed E-state index contributed by atoms with van der Waals surface area (Å²) in [6.07, 6.45) is 0.730. The highest BCUT2D eigenvalue weighted by Crippen LogP contribution is 2.22. The normalized spacial score (nSPS) is 10.6. The minimum Gasteiger partial charge on any atom is -0.488 e. The molecular formula is C25H30N3O3+. The molecule has 3 aromatic carbocycles. The topological polar surface area (TPSA) is 81.4 Å². The average Bonchev–Trinajstić information content (AvgIpc) is 2.82. The summed E-state index contributed by atoms with van der Waals surface area (Å²) in [5.41, 5.74) is 11.0. The number of carbonyl (C=O) groups is 1. The molecule has 0 fully saturated rings. The number of nitrogens with zero attached hydrogens (tertiary/aromatic N) is 1. The molecule has 0 unspecified atom stereocenters. The molecule has 3 aromatic rings. The molecule has 0 spiro atoms. The van der Waals surface area contributed by atoms with Crippen LogP contribution < -0.4 is 16.0 Å². The third kappa shape index (κ3) is 6.65. The van der Waals surface area contributed by atoms with E-state index >= 15 is 0 Å². The molecule has 0 atom stereocenters. The van der Waals surface area contributed by atoms with Gasteiger partial charge in [-0.3, -0.25) is 4.79 Å². The van der Waals surface area contributed by atoms with Gasteiger partial charge < -0.3 is 15.4 Å². The first kappa shape index (κ1) is 22.5. The number of benzene rings is 3. The molecule has 0 aliphatic rings. The van der Waals surface area contributed by atoms with Crippen molar-refractivity contribution < 1.29 is 19.8 Å². The van der Waals surface area contributed by atoms with E-state index in [1.54, 1.807) is 12.6 Å². The van der Waals surface area contributed by atoms with Crippen molar-refractivity contribution in [3.63, 3.8) is 0 Å². The second kappa shape index (κ2) is 11.9. The molecule has 3 rings (SSSR count). The van der Waals surface area contributed by atoms with Crippen LogP contribution in [0.5, 0.6) is 5.75 Å². The van der Waals surface area contributed by atoms with Crippen molar-refractivity contribution in [3.05, 3.63) is 95.6 Å². The summed E-state index contributed by atoms with van der Waals surface area (Å²) in [4.78, 5) is 20.3. The van der Waals surface area contributed by atoms with Crippen molar-refractivity contribution in [2.45, 2.75) is 19.6 Å². The Bertz CT molecular complexity index is 946. The van der Waals surface area contributed by atoms with Gasteiger partial charge in [0.1, 0.15) is 12.4 Å². The molecule has 162 valence electrons. The van der Waals surface area contributed by atoms with E-state index in [-0.39, 0.29) is 5.91 Å². The Kier molecular flexibility index (Phi) is 8.60. The molecule has 6 heteroatoms. The van der Waals surface area contributed by atoms with Gasteiger partial charge in [-0.15, -0.1) is 0 Å². The third-order valence-corrected chi connectivity index (χ3v) is 4.88. The number of ether oxygens (including phenoxy) is 1. The zero-order valence-electron chi connectivity index (χ0n) is 17.9. The van der Waals surface area contributed by atoms with Crippen LogP contribution in [0.4, 0.5) is 5.69 Å². The zero-order valence-corrected chi connectivity index (χ0v) is 17.9. The van der Waals surface area contributed by atoms with E-state index in [4.69, 9.17) is 15.3 Å². The van der Waals surface area contributed by atoms with Gasteiger partial charge in [-0.25, -0.2) is 4.84 Å². The van der Waals surface area contributed by atoms with E-state index in [9.17, 15) is 4.79 Å². The minimum absolute atomic E-state index is 0.0651. The van der Waals surface area contributed by atoms with Crippen LogP contribution in [0.1, 0.15) is 27.9 Å². The van der Waals surface area contributed by atoms with Gasteiger partial charge in [-0.1, -0.05) is 54.6 Å². The standard InChI is InChI=1S/C25H29N3O3/c1-30-27-22-14-12-20(13-15-22)18-28(17-7-16-26)25(29)23-10-5-6-11-24(23)31-19-21-8-3-2-4-9-21/h2-6,8-15,27H,7,16-19,26H2,1H3/p+1.